The molecule has 0 bridgehead atoms. The van der Waals surface area contributed by atoms with Crippen LogP contribution in [0.25, 0.3) is 0 Å². The third-order valence-electron chi connectivity index (χ3n) is 2.79. The van der Waals surface area contributed by atoms with E-state index in [0.717, 1.165) is 25.7 Å². The highest BCUT2D eigenvalue weighted by atomic mass is 32.3. The summed E-state index contributed by atoms with van der Waals surface area (Å²) in [5, 5.41) is 0. The summed E-state index contributed by atoms with van der Waals surface area (Å²) in [7, 11) is -4.42. The lowest BCUT2D eigenvalue weighted by Crippen LogP contribution is -2.13. The Morgan fingerprint density at radius 1 is 0.941 bits per heavy atom. The van der Waals surface area contributed by atoms with Crippen LogP contribution in [-0.2, 0) is 14.6 Å². The fourth-order valence-electron chi connectivity index (χ4n) is 1.92. The van der Waals surface area contributed by atoms with Crippen LogP contribution in [0.3, 0.4) is 0 Å². The molecule has 6 heteroatoms. The molecule has 1 N–H and O–H groups in total. The second kappa shape index (κ2) is 7.66. The van der Waals surface area contributed by atoms with Gasteiger partial charge in [-0.2, -0.15) is 8.42 Å². The average molecular weight is 263 g/mol. The number of rotatable bonds is 1. The highest BCUT2D eigenvalue weighted by Gasteiger charge is 2.11. The number of hydrogen-bond donors (Lipinski definition) is 1. The molecule has 0 amide bonds. The summed E-state index contributed by atoms with van der Waals surface area (Å²) in [6.45, 7) is 0.574. The minimum atomic E-state index is -4.42. The lowest BCUT2D eigenvalue weighted by Gasteiger charge is -2.08. The predicted molar refractivity (Wildman–Crippen MR) is 66.5 cm³/mol. The summed E-state index contributed by atoms with van der Waals surface area (Å²) in [6.07, 6.45) is 9.34. The molecule has 0 unspecified atom stereocenters. The Morgan fingerprint density at radius 2 is 1.47 bits per heavy atom. The normalized spacial score (nSPS) is 20.9. The summed E-state index contributed by atoms with van der Waals surface area (Å²) in [4.78, 5) is 4.10. The minimum absolute atomic E-state index is 0.146. The maximum atomic E-state index is 10.6. The van der Waals surface area contributed by atoms with Crippen molar-refractivity contribution in [3.05, 3.63) is 0 Å². The van der Waals surface area contributed by atoms with Crippen molar-refractivity contribution in [1.82, 2.24) is 0 Å². The summed E-state index contributed by atoms with van der Waals surface area (Å²) in [5.74, 6) is 0.146. The molecule has 1 aliphatic heterocycles. The van der Waals surface area contributed by atoms with Gasteiger partial charge in [-0.15, -0.1) is 0 Å². The molecule has 1 rings (SSSR count). The van der Waals surface area contributed by atoms with E-state index in [1.165, 1.54) is 25.7 Å². The van der Waals surface area contributed by atoms with Crippen LogP contribution >= 0.6 is 0 Å². The lowest BCUT2D eigenvalue weighted by atomic mass is 10.1. The van der Waals surface area contributed by atoms with Crippen LogP contribution in [0.2, 0.25) is 0 Å². The summed E-state index contributed by atoms with van der Waals surface area (Å²) in [5.41, 5.74) is 0. The SMILES string of the molecule is O=S(=O)(O)OC1=NCCCCCCCCCC1. The topological polar surface area (TPSA) is 76.0 Å². The van der Waals surface area contributed by atoms with Crippen molar-refractivity contribution >= 4 is 16.3 Å². The van der Waals surface area contributed by atoms with Gasteiger partial charge in [0.15, 0.2) is 0 Å². The Morgan fingerprint density at radius 3 is 2.06 bits per heavy atom. The highest BCUT2D eigenvalue weighted by Crippen LogP contribution is 2.12. The summed E-state index contributed by atoms with van der Waals surface area (Å²) >= 11 is 0. The molecule has 0 spiro atoms. The van der Waals surface area contributed by atoms with Gasteiger partial charge in [-0.1, -0.05) is 38.5 Å². The van der Waals surface area contributed by atoms with Gasteiger partial charge in [0, 0.05) is 13.0 Å². The summed E-state index contributed by atoms with van der Waals surface area (Å²) < 4.78 is 34.3. The van der Waals surface area contributed by atoms with Gasteiger partial charge in [0.25, 0.3) is 0 Å². The second-order valence-corrected chi connectivity index (χ2v) is 5.39. The lowest BCUT2D eigenvalue weighted by molar-refractivity contribution is 0.375. The highest BCUT2D eigenvalue weighted by molar-refractivity contribution is 7.81. The van der Waals surface area contributed by atoms with E-state index in [4.69, 9.17) is 4.55 Å². The van der Waals surface area contributed by atoms with Gasteiger partial charge in [-0.25, -0.2) is 0 Å². The molecule has 0 fully saturated rings. The van der Waals surface area contributed by atoms with E-state index in [1.54, 1.807) is 0 Å². The van der Waals surface area contributed by atoms with Crippen molar-refractivity contribution in [2.45, 2.75) is 57.8 Å². The first kappa shape index (κ1) is 14.4. The number of hydrogen-bond acceptors (Lipinski definition) is 4. The first-order valence-electron chi connectivity index (χ1n) is 6.28. The van der Waals surface area contributed by atoms with Gasteiger partial charge in [-0.3, -0.25) is 9.55 Å². The molecule has 0 radical (unpaired) electrons. The smallest absolute Gasteiger partial charge is 0.346 e. The molecule has 0 aromatic carbocycles. The van der Waals surface area contributed by atoms with Gasteiger partial charge in [-0.05, 0) is 12.8 Å². The van der Waals surface area contributed by atoms with Crippen LogP contribution in [0.1, 0.15) is 57.8 Å². The molecular formula is C11H21NO4S. The van der Waals surface area contributed by atoms with Crippen LogP contribution in [0, 0.1) is 0 Å². The van der Waals surface area contributed by atoms with E-state index >= 15 is 0 Å². The first-order chi connectivity index (χ1) is 8.08. The van der Waals surface area contributed by atoms with Gasteiger partial charge in [0.05, 0.1) is 0 Å². The molecule has 0 aromatic rings. The molecule has 17 heavy (non-hydrogen) atoms. The molecule has 0 aliphatic carbocycles. The van der Waals surface area contributed by atoms with Crippen molar-refractivity contribution in [1.29, 1.82) is 0 Å². The Bertz CT molecular complexity index is 337. The van der Waals surface area contributed by atoms with E-state index in [-0.39, 0.29) is 5.90 Å². The van der Waals surface area contributed by atoms with Gasteiger partial charge >= 0.3 is 10.4 Å². The Hall–Kier alpha value is -0.620. The van der Waals surface area contributed by atoms with Crippen LogP contribution in [0.4, 0.5) is 0 Å². The molecule has 1 aliphatic rings. The molecule has 100 valence electrons. The van der Waals surface area contributed by atoms with E-state index in [1.807, 2.05) is 0 Å². The Kier molecular flexibility index (Phi) is 6.50. The maximum Gasteiger partial charge on any atom is 0.447 e. The first-order valence-corrected chi connectivity index (χ1v) is 7.65. The zero-order valence-electron chi connectivity index (χ0n) is 10.1. The van der Waals surface area contributed by atoms with E-state index in [0.29, 0.717) is 13.0 Å². The predicted octanol–water partition coefficient (Wildman–Crippen LogP) is 2.73. The molecule has 0 saturated heterocycles. The zero-order chi connectivity index (χ0) is 12.6. The van der Waals surface area contributed by atoms with Crippen molar-refractivity contribution in [2.24, 2.45) is 4.99 Å². The Labute approximate surface area is 103 Å². The van der Waals surface area contributed by atoms with Crippen molar-refractivity contribution < 1.29 is 17.2 Å². The molecule has 0 atom stereocenters. The van der Waals surface area contributed by atoms with Crippen molar-refractivity contribution in [3.8, 4) is 0 Å². The van der Waals surface area contributed by atoms with Crippen LogP contribution in [-0.4, -0.2) is 25.4 Å². The maximum absolute atomic E-state index is 10.6. The minimum Gasteiger partial charge on any atom is -0.346 e. The van der Waals surface area contributed by atoms with Crippen LogP contribution in [0.5, 0.6) is 0 Å². The molecule has 0 aromatic heterocycles. The largest absolute Gasteiger partial charge is 0.447 e. The zero-order valence-corrected chi connectivity index (χ0v) is 10.9. The quantitative estimate of drug-likeness (QED) is 0.738. The average Bonchev–Trinajstić information content (AvgIpc) is 2.20. The van der Waals surface area contributed by atoms with Crippen LogP contribution < -0.4 is 0 Å². The molecule has 0 saturated carbocycles. The van der Waals surface area contributed by atoms with E-state index in [2.05, 4.69) is 9.18 Å². The number of aliphatic imine (C=N–C) groups is 1. The third kappa shape index (κ3) is 8.15. The molecule has 5 nitrogen and oxygen atoms in total. The number of nitrogens with zero attached hydrogens (tertiary/aromatic N) is 1. The van der Waals surface area contributed by atoms with Gasteiger partial charge < -0.3 is 4.18 Å². The Balaban J connectivity index is 2.50. The monoisotopic (exact) mass is 263 g/mol. The fourth-order valence-corrected chi connectivity index (χ4v) is 2.30. The van der Waals surface area contributed by atoms with Crippen molar-refractivity contribution in [2.75, 3.05) is 6.54 Å². The molecule has 1 heterocycles. The van der Waals surface area contributed by atoms with E-state index < -0.39 is 10.4 Å². The standard InChI is InChI=1S/C11H21NO4S/c13-17(14,15)16-11-9-7-5-3-1-2-4-6-8-10-12-11/h1-10H2,(H,13,14,15). The van der Waals surface area contributed by atoms with Gasteiger partial charge in [0.2, 0.25) is 5.90 Å². The third-order valence-corrected chi connectivity index (χ3v) is 3.19. The fraction of sp³-hybridized carbons (Fsp3) is 0.909. The van der Waals surface area contributed by atoms with Crippen molar-refractivity contribution in [3.63, 3.8) is 0 Å². The van der Waals surface area contributed by atoms with E-state index in [9.17, 15) is 8.42 Å². The molecular weight excluding hydrogens is 242 g/mol. The second-order valence-electron chi connectivity index (χ2n) is 4.36. The van der Waals surface area contributed by atoms with Crippen LogP contribution in [0.15, 0.2) is 4.99 Å². The summed E-state index contributed by atoms with van der Waals surface area (Å²) in [6, 6.07) is 0. The van der Waals surface area contributed by atoms with Gasteiger partial charge in [0.1, 0.15) is 0 Å².